The van der Waals surface area contributed by atoms with Gasteiger partial charge in [-0.25, -0.2) is 9.18 Å². The Labute approximate surface area is 93.5 Å². The number of rotatable bonds is 4. The Balaban J connectivity index is 2.55. The van der Waals surface area contributed by atoms with Crippen LogP contribution in [-0.2, 0) is 0 Å². The van der Waals surface area contributed by atoms with E-state index in [1.165, 1.54) is 12.1 Å². The first-order valence-corrected chi connectivity index (χ1v) is 5.10. The monoisotopic (exact) mass is 226 g/mol. The molecule has 0 saturated carbocycles. The van der Waals surface area contributed by atoms with Gasteiger partial charge in [0.2, 0.25) is 0 Å². The number of benzene rings is 1. The van der Waals surface area contributed by atoms with E-state index in [0.29, 0.717) is 6.42 Å². The fourth-order valence-electron chi connectivity index (χ4n) is 1.18. The summed E-state index contributed by atoms with van der Waals surface area (Å²) in [6.07, 6.45) is 0.612. The minimum Gasteiger partial charge on any atom is -0.394 e. The van der Waals surface area contributed by atoms with Crippen molar-refractivity contribution in [3.05, 3.63) is 30.1 Å². The van der Waals surface area contributed by atoms with Gasteiger partial charge in [-0.1, -0.05) is 19.1 Å². The number of carbonyl (C=O) groups is 1. The Hall–Kier alpha value is -1.62. The van der Waals surface area contributed by atoms with Crippen molar-refractivity contribution in [2.75, 3.05) is 11.9 Å². The van der Waals surface area contributed by atoms with Gasteiger partial charge in [0.15, 0.2) is 0 Å². The Bertz CT molecular complexity index is 354. The highest BCUT2D eigenvalue weighted by molar-refractivity contribution is 5.89. The molecule has 0 radical (unpaired) electrons. The maximum absolute atomic E-state index is 13.2. The largest absolute Gasteiger partial charge is 0.394 e. The van der Waals surface area contributed by atoms with E-state index in [1.807, 2.05) is 6.92 Å². The van der Waals surface area contributed by atoms with Crippen LogP contribution in [-0.4, -0.2) is 23.8 Å². The summed E-state index contributed by atoms with van der Waals surface area (Å²) >= 11 is 0. The Kier molecular flexibility index (Phi) is 4.72. The predicted octanol–water partition coefficient (Wildman–Crippen LogP) is 1.72. The van der Waals surface area contributed by atoms with Gasteiger partial charge in [0, 0.05) is 0 Å². The number of anilines is 1. The molecule has 0 fully saturated rings. The zero-order valence-corrected chi connectivity index (χ0v) is 9.03. The molecule has 0 aliphatic rings. The van der Waals surface area contributed by atoms with Crippen LogP contribution in [0.2, 0.25) is 0 Å². The number of aliphatic hydroxyl groups is 1. The minimum atomic E-state index is -0.522. The molecule has 0 bridgehead atoms. The molecule has 16 heavy (non-hydrogen) atoms. The normalized spacial score (nSPS) is 11.9. The molecule has 0 heterocycles. The van der Waals surface area contributed by atoms with Crippen LogP contribution in [0.5, 0.6) is 0 Å². The van der Waals surface area contributed by atoms with Crippen LogP contribution < -0.4 is 10.6 Å². The zero-order valence-electron chi connectivity index (χ0n) is 9.03. The van der Waals surface area contributed by atoms with Crippen molar-refractivity contribution in [2.24, 2.45) is 0 Å². The number of hydrogen-bond acceptors (Lipinski definition) is 2. The van der Waals surface area contributed by atoms with Crippen molar-refractivity contribution >= 4 is 11.7 Å². The number of para-hydroxylation sites is 1. The van der Waals surface area contributed by atoms with Crippen LogP contribution in [0.25, 0.3) is 0 Å². The number of nitrogens with one attached hydrogen (secondary N) is 2. The number of amides is 2. The molecule has 1 atom stereocenters. The molecule has 2 amide bonds. The van der Waals surface area contributed by atoms with Gasteiger partial charge in [0.05, 0.1) is 18.3 Å². The highest BCUT2D eigenvalue weighted by atomic mass is 19.1. The number of halogens is 1. The van der Waals surface area contributed by atoms with Crippen LogP contribution in [0.3, 0.4) is 0 Å². The average Bonchev–Trinajstić information content (AvgIpc) is 2.29. The third-order valence-electron chi connectivity index (χ3n) is 2.17. The van der Waals surface area contributed by atoms with Crippen LogP contribution in [0.1, 0.15) is 13.3 Å². The molecule has 1 aromatic rings. The Morgan fingerprint density at radius 2 is 2.19 bits per heavy atom. The van der Waals surface area contributed by atoms with E-state index in [9.17, 15) is 9.18 Å². The van der Waals surface area contributed by atoms with Gasteiger partial charge in [0.25, 0.3) is 0 Å². The maximum Gasteiger partial charge on any atom is 0.319 e. The van der Waals surface area contributed by atoms with Crippen molar-refractivity contribution in [1.29, 1.82) is 0 Å². The van der Waals surface area contributed by atoms with Crippen molar-refractivity contribution in [3.8, 4) is 0 Å². The lowest BCUT2D eigenvalue weighted by Crippen LogP contribution is -2.39. The van der Waals surface area contributed by atoms with E-state index >= 15 is 0 Å². The zero-order chi connectivity index (χ0) is 12.0. The summed E-state index contributed by atoms with van der Waals surface area (Å²) in [5, 5.41) is 13.8. The predicted molar refractivity (Wildman–Crippen MR) is 59.7 cm³/mol. The summed E-state index contributed by atoms with van der Waals surface area (Å²) in [4.78, 5) is 11.4. The van der Waals surface area contributed by atoms with Crippen LogP contribution in [0, 0.1) is 5.82 Å². The second-order valence-electron chi connectivity index (χ2n) is 3.37. The second kappa shape index (κ2) is 6.07. The Morgan fingerprint density at radius 1 is 1.50 bits per heavy atom. The van der Waals surface area contributed by atoms with Gasteiger partial charge in [-0.3, -0.25) is 0 Å². The molecule has 0 unspecified atom stereocenters. The van der Waals surface area contributed by atoms with Gasteiger partial charge >= 0.3 is 6.03 Å². The van der Waals surface area contributed by atoms with E-state index in [1.54, 1.807) is 12.1 Å². The van der Waals surface area contributed by atoms with Gasteiger partial charge in [-0.2, -0.15) is 0 Å². The van der Waals surface area contributed by atoms with E-state index in [2.05, 4.69) is 10.6 Å². The summed E-state index contributed by atoms with van der Waals surface area (Å²) in [5.41, 5.74) is 0.118. The smallest absolute Gasteiger partial charge is 0.319 e. The summed E-state index contributed by atoms with van der Waals surface area (Å²) in [5.74, 6) is -0.491. The van der Waals surface area contributed by atoms with E-state index < -0.39 is 11.8 Å². The maximum atomic E-state index is 13.2. The topological polar surface area (TPSA) is 61.4 Å². The summed E-state index contributed by atoms with van der Waals surface area (Å²) in [6.45, 7) is 1.70. The van der Waals surface area contributed by atoms with Gasteiger partial charge < -0.3 is 15.7 Å². The van der Waals surface area contributed by atoms with Crippen molar-refractivity contribution in [1.82, 2.24) is 5.32 Å². The Morgan fingerprint density at radius 3 is 2.75 bits per heavy atom. The third kappa shape index (κ3) is 3.51. The lowest BCUT2D eigenvalue weighted by molar-refractivity contribution is 0.222. The SMILES string of the molecule is CC[C@H](CO)NC(=O)Nc1ccccc1F. The molecule has 0 aliphatic carbocycles. The van der Waals surface area contributed by atoms with Crippen LogP contribution in [0.15, 0.2) is 24.3 Å². The highest BCUT2D eigenvalue weighted by Crippen LogP contribution is 2.11. The minimum absolute atomic E-state index is 0.118. The third-order valence-corrected chi connectivity index (χ3v) is 2.17. The molecule has 4 nitrogen and oxygen atoms in total. The summed E-state index contributed by atoms with van der Waals surface area (Å²) in [7, 11) is 0. The number of carbonyl (C=O) groups excluding carboxylic acids is 1. The molecule has 0 spiro atoms. The van der Waals surface area contributed by atoms with Crippen LogP contribution >= 0.6 is 0 Å². The van der Waals surface area contributed by atoms with Crippen molar-refractivity contribution in [3.63, 3.8) is 0 Å². The second-order valence-corrected chi connectivity index (χ2v) is 3.37. The van der Waals surface area contributed by atoms with Gasteiger partial charge in [-0.15, -0.1) is 0 Å². The molecule has 0 saturated heterocycles. The van der Waals surface area contributed by atoms with E-state index in [0.717, 1.165) is 0 Å². The lowest BCUT2D eigenvalue weighted by atomic mass is 10.2. The highest BCUT2D eigenvalue weighted by Gasteiger charge is 2.10. The quantitative estimate of drug-likeness (QED) is 0.732. The molecule has 1 aromatic carbocycles. The molecular weight excluding hydrogens is 211 g/mol. The van der Waals surface area contributed by atoms with E-state index in [4.69, 9.17) is 5.11 Å². The van der Waals surface area contributed by atoms with Crippen molar-refractivity contribution < 1.29 is 14.3 Å². The molecule has 3 N–H and O–H groups in total. The number of aliphatic hydroxyl groups excluding tert-OH is 1. The number of hydrogen-bond donors (Lipinski definition) is 3. The summed E-state index contributed by atoms with van der Waals surface area (Å²) < 4.78 is 13.2. The molecule has 0 aromatic heterocycles. The first kappa shape index (κ1) is 12.4. The fourth-order valence-corrected chi connectivity index (χ4v) is 1.18. The summed E-state index contributed by atoms with van der Waals surface area (Å²) in [6, 6.07) is 5.06. The van der Waals surface area contributed by atoms with Crippen LogP contribution in [0.4, 0.5) is 14.9 Å². The first-order chi connectivity index (χ1) is 7.67. The molecule has 88 valence electrons. The standard InChI is InChI=1S/C11H15FN2O2/c1-2-8(7-15)13-11(16)14-10-6-4-3-5-9(10)12/h3-6,8,15H,2,7H2,1H3,(H2,13,14,16)/t8-/m1/s1. The molecule has 1 rings (SSSR count). The van der Waals surface area contributed by atoms with E-state index in [-0.39, 0.29) is 18.3 Å². The fraction of sp³-hybridized carbons (Fsp3) is 0.364. The number of urea groups is 1. The van der Waals surface area contributed by atoms with Crippen molar-refractivity contribution in [2.45, 2.75) is 19.4 Å². The van der Waals surface area contributed by atoms with Gasteiger partial charge in [0.1, 0.15) is 5.82 Å². The lowest BCUT2D eigenvalue weighted by Gasteiger charge is -2.14. The average molecular weight is 226 g/mol. The van der Waals surface area contributed by atoms with Gasteiger partial charge in [-0.05, 0) is 18.6 Å². The molecule has 5 heteroatoms. The molecule has 0 aliphatic heterocycles. The first-order valence-electron chi connectivity index (χ1n) is 5.10. The molecular formula is C11H15FN2O2.